The first kappa shape index (κ1) is 21.4. The molecule has 0 aliphatic carbocycles. The van der Waals surface area contributed by atoms with Crippen LogP contribution in [0.4, 0.5) is 0 Å². The van der Waals surface area contributed by atoms with Gasteiger partial charge in [0, 0.05) is 19.3 Å². The van der Waals surface area contributed by atoms with E-state index in [4.69, 9.17) is 14.7 Å². The number of hydrogen-bond acceptors (Lipinski definition) is 9. The van der Waals surface area contributed by atoms with Crippen LogP contribution in [0.1, 0.15) is 18.2 Å². The normalized spacial score (nSPS) is 12.8. The van der Waals surface area contributed by atoms with Crippen LogP contribution < -0.4 is 11.1 Å². The maximum absolute atomic E-state index is 12.3. The Balaban J connectivity index is 2.01. The van der Waals surface area contributed by atoms with Crippen molar-refractivity contribution in [3.8, 4) is 0 Å². The van der Waals surface area contributed by atoms with Crippen LogP contribution in [-0.4, -0.2) is 42.1 Å². The van der Waals surface area contributed by atoms with Gasteiger partial charge < -0.3 is 15.8 Å². The van der Waals surface area contributed by atoms with Crippen LogP contribution in [0.25, 0.3) is 0 Å². The van der Waals surface area contributed by atoms with E-state index in [-0.39, 0.29) is 18.0 Å². The van der Waals surface area contributed by atoms with Crippen LogP contribution >= 0.6 is 0 Å². The van der Waals surface area contributed by atoms with Gasteiger partial charge in [-0.05, 0) is 19.1 Å². The van der Waals surface area contributed by atoms with Crippen LogP contribution in [0.15, 0.2) is 47.8 Å². The highest BCUT2D eigenvalue weighted by atomic mass is 32.2. The zero-order valence-electron chi connectivity index (χ0n) is 15.6. The van der Waals surface area contributed by atoms with E-state index in [9.17, 15) is 13.2 Å². The molecule has 3 N–H and O–H groups in total. The lowest BCUT2D eigenvalue weighted by atomic mass is 10.2. The first-order valence-electron chi connectivity index (χ1n) is 8.42. The number of nitrogens with two attached hydrogens (primary N) is 1. The molecule has 2 aromatic rings. The molecule has 1 unspecified atom stereocenters. The Bertz CT molecular complexity index is 908. The van der Waals surface area contributed by atoms with Crippen molar-refractivity contribution >= 4 is 16.1 Å². The summed E-state index contributed by atoms with van der Waals surface area (Å²) in [5.41, 5.74) is 6.79. The molecule has 1 aromatic heterocycles. The number of aromatic nitrogens is 3. The van der Waals surface area contributed by atoms with Crippen LogP contribution in [0, 0.1) is 6.92 Å². The Kier molecular flexibility index (Phi) is 7.52. The lowest BCUT2D eigenvalue weighted by Crippen LogP contribution is -2.29. The third-order valence-electron chi connectivity index (χ3n) is 3.53. The van der Waals surface area contributed by atoms with E-state index in [2.05, 4.69) is 15.6 Å². The summed E-state index contributed by atoms with van der Waals surface area (Å²) in [6.07, 6.45) is 3.70. The molecule has 1 aromatic carbocycles. The zero-order chi connectivity index (χ0) is 20.6. The minimum absolute atomic E-state index is 0.0294. The minimum Gasteiger partial charge on any atom is -0.458 e. The second kappa shape index (κ2) is 9.85. The molecule has 0 fully saturated rings. The molecule has 28 heavy (non-hydrogen) atoms. The lowest BCUT2D eigenvalue weighted by Gasteiger charge is -2.16. The Hall–Kier alpha value is -2.92. The SMILES string of the molecule is CC(=O)OC(COS(=O)(=O)c1ccc(C)cc1)Cn1cc(CN/C=C\N)nn1. The molecule has 0 amide bonds. The van der Waals surface area contributed by atoms with Crippen LogP contribution in [0.3, 0.4) is 0 Å². The van der Waals surface area contributed by atoms with E-state index in [1.54, 1.807) is 24.5 Å². The van der Waals surface area contributed by atoms with Crippen molar-refractivity contribution in [2.24, 2.45) is 5.73 Å². The summed E-state index contributed by atoms with van der Waals surface area (Å²) in [5.74, 6) is -0.559. The molecular formula is C17H23N5O5S. The number of esters is 1. The van der Waals surface area contributed by atoms with E-state index in [1.807, 2.05) is 6.92 Å². The number of ether oxygens (including phenoxy) is 1. The molecule has 1 heterocycles. The lowest BCUT2D eigenvalue weighted by molar-refractivity contribution is -0.148. The first-order valence-corrected chi connectivity index (χ1v) is 9.83. The predicted molar refractivity (Wildman–Crippen MR) is 100 cm³/mol. The standard InChI is InChI=1S/C17H23N5O5S/c1-13-3-5-17(6-4-13)28(24,25)26-12-16(27-14(2)23)11-22-10-15(20-21-22)9-19-8-7-18/h3-8,10,16,19H,9,11-12,18H2,1-2H3/b8-7-. The van der Waals surface area contributed by atoms with E-state index >= 15 is 0 Å². The summed E-state index contributed by atoms with van der Waals surface area (Å²) in [6.45, 7) is 3.23. The Morgan fingerprint density at radius 1 is 1.36 bits per heavy atom. The number of nitrogens with one attached hydrogen (secondary N) is 1. The van der Waals surface area contributed by atoms with Crippen LogP contribution in [0.2, 0.25) is 0 Å². The summed E-state index contributed by atoms with van der Waals surface area (Å²) >= 11 is 0. The number of benzene rings is 1. The topological polar surface area (TPSA) is 138 Å². The summed E-state index contributed by atoms with van der Waals surface area (Å²) in [7, 11) is -3.98. The summed E-state index contributed by atoms with van der Waals surface area (Å²) in [4.78, 5) is 11.4. The van der Waals surface area contributed by atoms with Crippen LogP contribution in [0.5, 0.6) is 0 Å². The molecule has 1 atom stereocenters. The van der Waals surface area contributed by atoms with E-state index in [1.165, 1.54) is 29.9 Å². The van der Waals surface area contributed by atoms with E-state index in [0.29, 0.717) is 12.2 Å². The molecule has 0 spiro atoms. The van der Waals surface area contributed by atoms with Gasteiger partial charge in [0.1, 0.15) is 18.4 Å². The van der Waals surface area contributed by atoms with Gasteiger partial charge in [-0.2, -0.15) is 8.42 Å². The molecule has 0 aliphatic rings. The number of hydrogen-bond donors (Lipinski definition) is 2. The fourth-order valence-corrected chi connectivity index (χ4v) is 3.18. The number of carbonyl (C=O) groups is 1. The second-order valence-corrected chi connectivity index (χ2v) is 7.57. The molecule has 10 nitrogen and oxygen atoms in total. The van der Waals surface area contributed by atoms with Gasteiger partial charge in [0.05, 0.1) is 24.2 Å². The Morgan fingerprint density at radius 3 is 2.71 bits per heavy atom. The van der Waals surface area contributed by atoms with Gasteiger partial charge in [0.15, 0.2) is 0 Å². The zero-order valence-corrected chi connectivity index (χ0v) is 16.4. The maximum Gasteiger partial charge on any atom is 0.303 e. The largest absolute Gasteiger partial charge is 0.458 e. The quantitative estimate of drug-likeness (QED) is 0.423. The Morgan fingerprint density at radius 2 is 2.07 bits per heavy atom. The van der Waals surface area contributed by atoms with Gasteiger partial charge in [-0.25, -0.2) is 4.68 Å². The highest BCUT2D eigenvalue weighted by Crippen LogP contribution is 2.14. The fraction of sp³-hybridized carbons (Fsp3) is 0.353. The number of rotatable bonds is 10. The van der Waals surface area contributed by atoms with Crippen molar-refractivity contribution < 1.29 is 22.1 Å². The molecular weight excluding hydrogens is 386 g/mol. The number of aryl methyl sites for hydroxylation is 1. The van der Waals surface area contributed by atoms with E-state index in [0.717, 1.165) is 5.56 Å². The molecule has 11 heteroatoms. The third kappa shape index (κ3) is 6.67. The predicted octanol–water partition coefficient (Wildman–Crippen LogP) is 0.443. The third-order valence-corrected chi connectivity index (χ3v) is 4.82. The van der Waals surface area contributed by atoms with Crippen molar-refractivity contribution in [3.63, 3.8) is 0 Å². The van der Waals surface area contributed by atoms with Crippen molar-refractivity contribution in [2.45, 2.75) is 37.9 Å². The van der Waals surface area contributed by atoms with Crippen molar-refractivity contribution in [1.29, 1.82) is 0 Å². The second-order valence-electron chi connectivity index (χ2n) is 5.96. The summed E-state index contributed by atoms with van der Waals surface area (Å²) in [6, 6.07) is 6.26. The first-order chi connectivity index (χ1) is 13.3. The monoisotopic (exact) mass is 409 g/mol. The van der Waals surface area contributed by atoms with Crippen molar-refractivity contribution in [1.82, 2.24) is 20.3 Å². The molecule has 0 saturated heterocycles. The highest BCUT2D eigenvalue weighted by molar-refractivity contribution is 7.86. The molecule has 0 bridgehead atoms. The summed E-state index contributed by atoms with van der Waals surface area (Å²) < 4.78 is 36.3. The van der Waals surface area contributed by atoms with Gasteiger partial charge in [-0.1, -0.05) is 22.9 Å². The Labute approximate surface area is 163 Å². The highest BCUT2D eigenvalue weighted by Gasteiger charge is 2.21. The fourth-order valence-electron chi connectivity index (χ4n) is 2.25. The molecule has 2 rings (SSSR count). The summed E-state index contributed by atoms with van der Waals surface area (Å²) in [5, 5.41) is 10.8. The number of nitrogens with zero attached hydrogens (tertiary/aromatic N) is 3. The van der Waals surface area contributed by atoms with Gasteiger partial charge in [0.2, 0.25) is 0 Å². The van der Waals surface area contributed by atoms with Gasteiger partial charge in [-0.15, -0.1) is 5.10 Å². The molecule has 0 aliphatic heterocycles. The minimum atomic E-state index is -3.98. The molecule has 152 valence electrons. The average Bonchev–Trinajstić information content (AvgIpc) is 3.07. The molecule has 0 saturated carbocycles. The van der Waals surface area contributed by atoms with Gasteiger partial charge >= 0.3 is 5.97 Å². The van der Waals surface area contributed by atoms with Gasteiger partial charge in [0.25, 0.3) is 10.1 Å². The van der Waals surface area contributed by atoms with Crippen molar-refractivity contribution in [3.05, 3.63) is 54.1 Å². The smallest absolute Gasteiger partial charge is 0.303 e. The number of carbonyl (C=O) groups excluding carboxylic acids is 1. The van der Waals surface area contributed by atoms with E-state index < -0.39 is 22.2 Å². The van der Waals surface area contributed by atoms with Crippen molar-refractivity contribution in [2.75, 3.05) is 6.61 Å². The van der Waals surface area contributed by atoms with Gasteiger partial charge in [-0.3, -0.25) is 8.98 Å². The van der Waals surface area contributed by atoms with Crippen LogP contribution in [-0.2, 0) is 36.9 Å². The maximum atomic E-state index is 12.3. The molecule has 0 radical (unpaired) electrons. The average molecular weight is 409 g/mol.